The minimum absolute atomic E-state index is 0.104. The molecule has 1 amide bonds. The zero-order chi connectivity index (χ0) is 33.2. The van der Waals surface area contributed by atoms with Gasteiger partial charge in [0.25, 0.3) is 0 Å². The Labute approximate surface area is 260 Å². The molecule has 13 heteroatoms. The number of hydrogen-bond donors (Lipinski definition) is 2. The number of aryl methyl sites for hydroxylation is 2. The van der Waals surface area contributed by atoms with Gasteiger partial charge < -0.3 is 15.1 Å². The molecule has 3 saturated heterocycles. The first kappa shape index (κ1) is 36.8. The number of halogens is 3. The van der Waals surface area contributed by atoms with Crippen LogP contribution >= 0.6 is 0 Å². The molecular formula is C31H50F3N9O. The SMILES string of the molecule is C=CC(=O)N1CCN(C2CN(C(/C=C3\CCN(c4c(C)c(C)nn4C)CCN3)C(C#N)C(=N)C(F)(F)F)C2)CC1.CC.CC. The Morgan fingerprint density at radius 3 is 2.23 bits per heavy atom. The van der Waals surface area contributed by atoms with E-state index in [-0.39, 0.29) is 11.9 Å². The summed E-state index contributed by atoms with van der Waals surface area (Å²) in [6.07, 6.45) is -1.28. The van der Waals surface area contributed by atoms with Gasteiger partial charge in [-0.1, -0.05) is 34.3 Å². The molecule has 10 nitrogen and oxygen atoms in total. The predicted octanol–water partition coefficient (Wildman–Crippen LogP) is 3.88. The van der Waals surface area contributed by atoms with Crippen LogP contribution in [-0.2, 0) is 11.8 Å². The Morgan fingerprint density at radius 1 is 1.11 bits per heavy atom. The summed E-state index contributed by atoms with van der Waals surface area (Å²) in [5.74, 6) is -0.725. The fourth-order valence-corrected chi connectivity index (χ4v) is 5.86. The highest BCUT2D eigenvalue weighted by molar-refractivity contribution is 5.91. The number of hydrogen-bond acceptors (Lipinski definition) is 8. The average molecular weight is 622 g/mol. The van der Waals surface area contributed by atoms with E-state index in [0.29, 0.717) is 65.3 Å². The van der Waals surface area contributed by atoms with Gasteiger partial charge in [-0.05, 0) is 26.0 Å². The molecule has 2 unspecified atom stereocenters. The molecule has 2 N–H and O–H groups in total. The summed E-state index contributed by atoms with van der Waals surface area (Å²) in [6, 6.07) is 1.03. The lowest BCUT2D eigenvalue weighted by Crippen LogP contribution is -2.66. The molecule has 0 saturated carbocycles. The predicted molar refractivity (Wildman–Crippen MR) is 169 cm³/mol. The van der Waals surface area contributed by atoms with Crippen LogP contribution in [0.4, 0.5) is 19.0 Å². The van der Waals surface area contributed by atoms with Crippen LogP contribution in [0.1, 0.15) is 45.4 Å². The van der Waals surface area contributed by atoms with Gasteiger partial charge in [-0.3, -0.25) is 24.7 Å². The Kier molecular flexibility index (Phi) is 13.9. The van der Waals surface area contributed by atoms with Crippen LogP contribution in [0.5, 0.6) is 0 Å². The van der Waals surface area contributed by atoms with E-state index in [4.69, 9.17) is 5.41 Å². The summed E-state index contributed by atoms with van der Waals surface area (Å²) in [5.41, 5.74) is 1.30. The lowest BCUT2D eigenvalue weighted by molar-refractivity contribution is -0.128. The molecule has 4 heterocycles. The first-order chi connectivity index (χ1) is 20.9. The van der Waals surface area contributed by atoms with Crippen molar-refractivity contribution in [3.05, 3.63) is 35.7 Å². The highest BCUT2D eigenvalue weighted by Gasteiger charge is 2.47. The molecule has 0 bridgehead atoms. The third-order valence-electron chi connectivity index (χ3n) is 8.27. The van der Waals surface area contributed by atoms with E-state index >= 15 is 0 Å². The Morgan fingerprint density at radius 2 is 1.73 bits per heavy atom. The summed E-state index contributed by atoms with van der Waals surface area (Å²) in [5, 5.41) is 25.5. The van der Waals surface area contributed by atoms with Gasteiger partial charge in [-0.15, -0.1) is 0 Å². The number of nitrogens with one attached hydrogen (secondary N) is 2. The van der Waals surface area contributed by atoms with Gasteiger partial charge in [0.05, 0.1) is 17.8 Å². The van der Waals surface area contributed by atoms with Crippen LogP contribution in [0.25, 0.3) is 0 Å². The number of aromatic nitrogens is 2. The smallest absolute Gasteiger partial charge is 0.387 e. The van der Waals surface area contributed by atoms with Crippen molar-refractivity contribution in [3.8, 4) is 6.07 Å². The number of carbonyl (C=O) groups is 1. The summed E-state index contributed by atoms with van der Waals surface area (Å²) >= 11 is 0. The zero-order valence-electron chi connectivity index (χ0n) is 27.3. The average Bonchev–Trinajstić information content (AvgIpc) is 3.12. The summed E-state index contributed by atoms with van der Waals surface area (Å²) in [6.45, 7) is 20.9. The van der Waals surface area contributed by atoms with Gasteiger partial charge in [-0.25, -0.2) is 0 Å². The quantitative estimate of drug-likeness (QED) is 0.352. The number of nitriles is 1. The van der Waals surface area contributed by atoms with Crippen LogP contribution < -0.4 is 10.2 Å². The molecule has 246 valence electrons. The maximum absolute atomic E-state index is 13.6. The largest absolute Gasteiger partial charge is 0.430 e. The fraction of sp³-hybridized carbons (Fsp3) is 0.677. The molecule has 1 aromatic heterocycles. The number of rotatable bonds is 7. The number of carbonyl (C=O) groups excluding carboxylic acids is 1. The molecule has 3 aliphatic rings. The number of likely N-dealkylation sites (tertiary alicyclic amines) is 1. The van der Waals surface area contributed by atoms with E-state index in [1.807, 2.05) is 58.2 Å². The summed E-state index contributed by atoms with van der Waals surface area (Å²) in [7, 11) is 1.90. The van der Waals surface area contributed by atoms with Crippen molar-refractivity contribution in [2.75, 3.05) is 63.8 Å². The number of anilines is 1. The molecule has 3 fully saturated rings. The van der Waals surface area contributed by atoms with Gasteiger partial charge in [0, 0.05) is 89.7 Å². The van der Waals surface area contributed by atoms with Crippen molar-refractivity contribution in [1.82, 2.24) is 29.8 Å². The highest BCUT2D eigenvalue weighted by Crippen LogP contribution is 2.31. The Hall–Kier alpha value is -3.37. The fourth-order valence-electron chi connectivity index (χ4n) is 5.86. The van der Waals surface area contributed by atoms with Gasteiger partial charge in [0.15, 0.2) is 0 Å². The number of alkyl halides is 3. The van der Waals surface area contributed by atoms with Gasteiger partial charge >= 0.3 is 6.18 Å². The minimum atomic E-state index is -4.88. The van der Waals surface area contributed by atoms with Crippen molar-refractivity contribution in [1.29, 1.82) is 10.7 Å². The maximum atomic E-state index is 13.6. The lowest BCUT2D eigenvalue weighted by atomic mass is 9.89. The normalized spacial score (nSPS) is 20.4. The van der Waals surface area contributed by atoms with Crippen LogP contribution in [0, 0.1) is 36.5 Å². The van der Waals surface area contributed by atoms with Crippen molar-refractivity contribution in [3.63, 3.8) is 0 Å². The topological polar surface area (TPSA) is 108 Å². The van der Waals surface area contributed by atoms with Crippen LogP contribution in [0.2, 0.25) is 0 Å². The molecule has 0 spiro atoms. The maximum Gasteiger partial charge on any atom is 0.430 e. The van der Waals surface area contributed by atoms with Gasteiger partial charge in [-0.2, -0.15) is 23.5 Å². The second-order valence-electron chi connectivity index (χ2n) is 10.7. The van der Waals surface area contributed by atoms with E-state index in [9.17, 15) is 23.2 Å². The molecule has 3 aliphatic heterocycles. The molecule has 0 aromatic carbocycles. The number of piperazine rings is 1. The number of amides is 1. The van der Waals surface area contributed by atoms with E-state index in [0.717, 1.165) is 22.8 Å². The third-order valence-corrected chi connectivity index (χ3v) is 8.27. The van der Waals surface area contributed by atoms with Crippen molar-refractivity contribution in [2.45, 2.75) is 66.2 Å². The van der Waals surface area contributed by atoms with Crippen molar-refractivity contribution >= 4 is 17.4 Å². The van der Waals surface area contributed by atoms with Gasteiger partial charge in [0.1, 0.15) is 17.4 Å². The lowest BCUT2D eigenvalue weighted by Gasteiger charge is -2.51. The Bertz CT molecular complexity index is 1190. The second-order valence-corrected chi connectivity index (χ2v) is 10.7. The highest BCUT2D eigenvalue weighted by atomic mass is 19.4. The van der Waals surface area contributed by atoms with E-state index in [1.165, 1.54) is 6.08 Å². The molecular weight excluding hydrogens is 571 g/mol. The molecule has 2 atom stereocenters. The van der Waals surface area contributed by atoms with E-state index < -0.39 is 23.8 Å². The molecule has 44 heavy (non-hydrogen) atoms. The van der Waals surface area contributed by atoms with Crippen LogP contribution in [0.3, 0.4) is 0 Å². The standard InChI is InChI=1S/C27H38F3N9O.2C2H6/c1-5-24(40)37-12-10-36(11-13-37)21-16-39(17-21)23(22(15-31)25(32)27(28,29)30)14-20-6-8-38(9-7-33-20)26-18(2)19(3)34-35(26)4;2*1-2/h5,14,21-23,32-33H,1,6-13,16-17H2,2-4H3;2*1-2H3/b20-14+,32-25?;;. The molecule has 0 radical (unpaired) electrons. The molecule has 1 aromatic rings. The molecule has 0 aliphatic carbocycles. The first-order valence-corrected chi connectivity index (χ1v) is 15.6. The zero-order valence-corrected chi connectivity index (χ0v) is 27.3. The third kappa shape index (κ3) is 8.63. The van der Waals surface area contributed by atoms with E-state index in [2.05, 4.69) is 26.8 Å². The minimum Gasteiger partial charge on any atom is -0.387 e. The monoisotopic (exact) mass is 621 g/mol. The number of nitrogens with zero attached hydrogens (tertiary/aromatic N) is 7. The van der Waals surface area contributed by atoms with Crippen LogP contribution in [0.15, 0.2) is 24.4 Å². The van der Waals surface area contributed by atoms with Crippen molar-refractivity contribution in [2.24, 2.45) is 13.0 Å². The Balaban J connectivity index is 0.00000162. The summed E-state index contributed by atoms with van der Waals surface area (Å²) < 4.78 is 42.6. The first-order valence-electron chi connectivity index (χ1n) is 15.6. The summed E-state index contributed by atoms with van der Waals surface area (Å²) in [4.78, 5) is 19.9. The van der Waals surface area contributed by atoms with Crippen LogP contribution in [-0.4, -0.2) is 113 Å². The molecule has 4 rings (SSSR count). The van der Waals surface area contributed by atoms with Crippen molar-refractivity contribution < 1.29 is 18.0 Å². The van der Waals surface area contributed by atoms with Gasteiger partial charge in [0.2, 0.25) is 5.91 Å². The second kappa shape index (κ2) is 16.6. The van der Waals surface area contributed by atoms with E-state index in [1.54, 1.807) is 17.0 Å².